The summed E-state index contributed by atoms with van der Waals surface area (Å²) in [5.74, 6) is -0.120. The maximum atomic E-state index is 13.0. The quantitative estimate of drug-likeness (QED) is 0.684. The monoisotopic (exact) mass is 406 g/mol. The zero-order valence-corrected chi connectivity index (χ0v) is 16.3. The van der Waals surface area contributed by atoms with Crippen molar-refractivity contribution >= 4 is 11.2 Å². The molecule has 1 saturated carbocycles. The highest BCUT2D eigenvalue weighted by Crippen LogP contribution is 2.52. The average molecular weight is 406 g/mol. The number of aromatic hydroxyl groups is 1. The number of rotatable bonds is 5. The molecule has 1 aliphatic rings. The largest absolute Gasteiger partial charge is 0.507 e. The molecule has 0 spiro atoms. The summed E-state index contributed by atoms with van der Waals surface area (Å²) in [6, 6.07) is 1.70. The van der Waals surface area contributed by atoms with Crippen LogP contribution in [0.3, 0.4) is 0 Å². The molecule has 29 heavy (non-hydrogen) atoms. The van der Waals surface area contributed by atoms with Crippen LogP contribution in [-0.4, -0.2) is 38.6 Å². The van der Waals surface area contributed by atoms with Crippen molar-refractivity contribution in [2.24, 2.45) is 5.92 Å². The summed E-state index contributed by atoms with van der Waals surface area (Å²) < 4.78 is 46.1. The number of methoxy groups -OCH3 is 1. The summed E-state index contributed by atoms with van der Waals surface area (Å²) in [5.41, 5.74) is 0.711. The molecule has 0 bridgehead atoms. The lowest BCUT2D eigenvalue weighted by molar-refractivity contribution is -0.137. The first-order valence-electron chi connectivity index (χ1n) is 9.32. The van der Waals surface area contributed by atoms with Crippen molar-refractivity contribution in [3.63, 3.8) is 0 Å². The van der Waals surface area contributed by atoms with E-state index < -0.39 is 17.5 Å². The number of hydrogen-bond acceptors (Lipinski definition) is 5. The van der Waals surface area contributed by atoms with Gasteiger partial charge in [-0.2, -0.15) is 18.3 Å². The van der Waals surface area contributed by atoms with Crippen LogP contribution in [0.15, 0.2) is 24.5 Å². The summed E-state index contributed by atoms with van der Waals surface area (Å²) in [5, 5.41) is 14.8. The van der Waals surface area contributed by atoms with Gasteiger partial charge < -0.3 is 9.84 Å². The summed E-state index contributed by atoms with van der Waals surface area (Å²) >= 11 is 0. The van der Waals surface area contributed by atoms with E-state index in [0.717, 1.165) is 18.9 Å². The number of phenols is 1. The predicted molar refractivity (Wildman–Crippen MR) is 100 cm³/mol. The van der Waals surface area contributed by atoms with E-state index in [0.29, 0.717) is 29.8 Å². The maximum absolute atomic E-state index is 13.0. The fourth-order valence-electron chi connectivity index (χ4n) is 4.07. The average Bonchev–Trinajstić information content (AvgIpc) is 3.19. The van der Waals surface area contributed by atoms with Gasteiger partial charge in [0.25, 0.3) is 0 Å². The third kappa shape index (κ3) is 3.23. The molecule has 6 nitrogen and oxygen atoms in total. The van der Waals surface area contributed by atoms with Crippen molar-refractivity contribution in [3.05, 3.63) is 35.7 Å². The first-order chi connectivity index (χ1) is 13.7. The maximum Gasteiger partial charge on any atom is 0.416 e. The zero-order valence-electron chi connectivity index (χ0n) is 16.3. The highest BCUT2D eigenvalue weighted by atomic mass is 19.4. The number of phenolic OH excluding ortho intramolecular Hbond substituents is 1. The predicted octanol–water partition coefficient (Wildman–Crippen LogP) is 4.30. The van der Waals surface area contributed by atoms with Gasteiger partial charge in [-0.05, 0) is 37.5 Å². The van der Waals surface area contributed by atoms with Crippen LogP contribution in [0.4, 0.5) is 13.2 Å². The molecule has 0 radical (unpaired) electrons. The second kappa shape index (κ2) is 6.69. The molecule has 2 unspecified atom stereocenters. The molecule has 0 saturated heterocycles. The van der Waals surface area contributed by atoms with E-state index in [1.807, 2.05) is 10.9 Å². The van der Waals surface area contributed by atoms with E-state index in [9.17, 15) is 18.3 Å². The van der Waals surface area contributed by atoms with E-state index in [-0.39, 0.29) is 22.4 Å². The number of nitrogens with zero attached hydrogens (tertiary/aromatic N) is 4. The van der Waals surface area contributed by atoms with Crippen molar-refractivity contribution < 1.29 is 23.0 Å². The van der Waals surface area contributed by atoms with Crippen molar-refractivity contribution in [3.8, 4) is 17.0 Å². The van der Waals surface area contributed by atoms with Gasteiger partial charge in [-0.15, -0.1) is 0 Å². The molecule has 4 rings (SSSR count). The van der Waals surface area contributed by atoms with Gasteiger partial charge in [-0.25, -0.2) is 9.97 Å². The first kappa shape index (κ1) is 19.6. The highest BCUT2D eigenvalue weighted by molar-refractivity contribution is 5.77. The van der Waals surface area contributed by atoms with Gasteiger partial charge in [0.2, 0.25) is 0 Å². The molecule has 1 fully saturated rings. The second-order valence-corrected chi connectivity index (χ2v) is 7.54. The van der Waals surface area contributed by atoms with Crippen molar-refractivity contribution in [1.29, 1.82) is 0 Å². The van der Waals surface area contributed by atoms with E-state index in [4.69, 9.17) is 4.74 Å². The fourth-order valence-corrected chi connectivity index (χ4v) is 4.07. The summed E-state index contributed by atoms with van der Waals surface area (Å²) in [7, 11) is 1.67. The number of hydrogen-bond donors (Lipinski definition) is 1. The Hall–Kier alpha value is -2.68. The van der Waals surface area contributed by atoms with Gasteiger partial charge in [0.15, 0.2) is 5.65 Å². The SMILES string of the molecule is CCC1(n2cc3ncc(-c4c(C)cc(C(F)(F)F)cc4O)nc3n2)CC1COC. The zero-order chi connectivity index (χ0) is 21.0. The molecule has 3 aromatic rings. The van der Waals surface area contributed by atoms with Crippen molar-refractivity contribution in [2.75, 3.05) is 13.7 Å². The third-order valence-electron chi connectivity index (χ3n) is 5.76. The van der Waals surface area contributed by atoms with Crippen LogP contribution >= 0.6 is 0 Å². The molecule has 0 aliphatic heterocycles. The Balaban J connectivity index is 1.74. The number of aromatic nitrogens is 4. The molecule has 2 atom stereocenters. The van der Waals surface area contributed by atoms with Crippen molar-refractivity contribution in [2.45, 2.75) is 38.4 Å². The second-order valence-electron chi connectivity index (χ2n) is 7.54. The molecular formula is C20H21F3N4O2. The van der Waals surface area contributed by atoms with Crippen LogP contribution in [0.2, 0.25) is 0 Å². The Morgan fingerprint density at radius 3 is 2.72 bits per heavy atom. The normalized spacial score (nSPS) is 21.7. The van der Waals surface area contributed by atoms with Gasteiger partial charge in [-0.1, -0.05) is 6.92 Å². The number of aryl methyl sites for hydroxylation is 1. The number of halogens is 3. The Kier molecular flexibility index (Phi) is 4.53. The van der Waals surface area contributed by atoms with Gasteiger partial charge in [-0.3, -0.25) is 4.68 Å². The van der Waals surface area contributed by atoms with Crippen LogP contribution in [0.1, 0.15) is 30.9 Å². The van der Waals surface area contributed by atoms with Gasteiger partial charge in [0, 0.05) is 18.6 Å². The minimum atomic E-state index is -4.54. The van der Waals surface area contributed by atoms with E-state index in [2.05, 4.69) is 22.0 Å². The van der Waals surface area contributed by atoms with Crippen LogP contribution in [0.25, 0.3) is 22.4 Å². The lowest BCUT2D eigenvalue weighted by Crippen LogP contribution is -2.21. The molecule has 1 aromatic carbocycles. The lowest BCUT2D eigenvalue weighted by atomic mass is 10.0. The van der Waals surface area contributed by atoms with Gasteiger partial charge in [0.05, 0.1) is 35.8 Å². The lowest BCUT2D eigenvalue weighted by Gasteiger charge is -2.15. The molecule has 1 N–H and O–H groups in total. The van der Waals surface area contributed by atoms with Gasteiger partial charge >= 0.3 is 6.18 Å². The summed E-state index contributed by atoms with van der Waals surface area (Å²) in [4.78, 5) is 8.83. The minimum absolute atomic E-state index is 0.120. The highest BCUT2D eigenvalue weighted by Gasteiger charge is 2.55. The Bertz CT molecular complexity index is 1060. The number of fused-ring (bicyclic) bond motifs is 1. The topological polar surface area (TPSA) is 73.1 Å². The Labute approximate surface area is 165 Å². The van der Waals surface area contributed by atoms with Crippen LogP contribution in [-0.2, 0) is 16.5 Å². The Morgan fingerprint density at radius 2 is 2.10 bits per heavy atom. The number of benzene rings is 1. The molecule has 1 aliphatic carbocycles. The van der Waals surface area contributed by atoms with Crippen LogP contribution in [0, 0.1) is 12.8 Å². The molecule has 2 heterocycles. The van der Waals surface area contributed by atoms with E-state index in [1.54, 1.807) is 7.11 Å². The summed E-state index contributed by atoms with van der Waals surface area (Å²) in [6.45, 7) is 4.24. The van der Waals surface area contributed by atoms with Crippen LogP contribution in [0.5, 0.6) is 5.75 Å². The standard InChI is InChI=1S/C20H21F3N4O2/c1-4-19(7-13(19)10-29-3)27-9-15-18(26-27)25-14(8-24-15)17-11(2)5-12(6-16(17)28)20(21,22)23/h5-6,8-9,13,28H,4,7,10H2,1-3H3. The molecular weight excluding hydrogens is 385 g/mol. The Morgan fingerprint density at radius 1 is 1.34 bits per heavy atom. The first-order valence-corrected chi connectivity index (χ1v) is 9.32. The smallest absolute Gasteiger partial charge is 0.416 e. The fraction of sp³-hybridized carbons (Fsp3) is 0.450. The third-order valence-corrected chi connectivity index (χ3v) is 5.76. The molecule has 0 amide bonds. The van der Waals surface area contributed by atoms with Crippen LogP contribution < -0.4 is 0 Å². The van der Waals surface area contributed by atoms with E-state index >= 15 is 0 Å². The molecule has 154 valence electrons. The van der Waals surface area contributed by atoms with Gasteiger partial charge in [0.1, 0.15) is 11.3 Å². The molecule has 2 aromatic heterocycles. The molecule has 9 heteroatoms. The number of ether oxygens (including phenoxy) is 1. The van der Waals surface area contributed by atoms with Crippen molar-refractivity contribution in [1.82, 2.24) is 19.7 Å². The van der Waals surface area contributed by atoms with E-state index in [1.165, 1.54) is 13.1 Å². The number of alkyl halides is 3. The summed E-state index contributed by atoms with van der Waals surface area (Å²) in [6.07, 6.45) is 0.594. The minimum Gasteiger partial charge on any atom is -0.507 e.